The fourth-order valence-electron chi connectivity index (χ4n) is 0.603. The Bertz CT molecular complexity index is 144. The van der Waals surface area contributed by atoms with Crippen molar-refractivity contribution in [1.29, 1.82) is 0 Å². The first-order valence-corrected chi connectivity index (χ1v) is 2.77. The third-order valence-corrected chi connectivity index (χ3v) is 1.45. The van der Waals surface area contributed by atoms with Crippen molar-refractivity contribution in [3.63, 3.8) is 0 Å². The van der Waals surface area contributed by atoms with E-state index in [9.17, 15) is 4.79 Å². The van der Waals surface area contributed by atoms with Gasteiger partial charge in [0.2, 0.25) is 0 Å². The zero-order chi connectivity index (χ0) is 7.07. The van der Waals surface area contributed by atoms with Gasteiger partial charge in [0.05, 0.1) is 5.54 Å². The van der Waals surface area contributed by atoms with Crippen LogP contribution in [0.2, 0.25) is 0 Å². The molecule has 1 heterocycles. The van der Waals surface area contributed by atoms with Crippen LogP contribution in [0.4, 0.5) is 0 Å². The van der Waals surface area contributed by atoms with E-state index in [1.807, 2.05) is 13.8 Å². The number of hydrogen-bond donors (Lipinski definition) is 2. The zero-order valence-corrected chi connectivity index (χ0v) is 5.47. The molecule has 0 aromatic rings. The van der Waals surface area contributed by atoms with Gasteiger partial charge in [-0.05, 0) is 13.8 Å². The summed E-state index contributed by atoms with van der Waals surface area (Å²) in [7, 11) is 0. The topological polar surface area (TPSA) is 64.3 Å². The molecule has 0 aliphatic carbocycles. The van der Waals surface area contributed by atoms with Crippen LogP contribution in [0.15, 0.2) is 0 Å². The molecule has 1 aliphatic rings. The third kappa shape index (κ3) is 0.906. The lowest BCUT2D eigenvalue weighted by atomic mass is 9.98. The molecule has 9 heavy (non-hydrogen) atoms. The molecule has 0 aromatic carbocycles. The summed E-state index contributed by atoms with van der Waals surface area (Å²) < 4.78 is 0. The van der Waals surface area contributed by atoms with Crippen LogP contribution in [0.25, 0.3) is 0 Å². The van der Waals surface area contributed by atoms with E-state index >= 15 is 0 Å². The summed E-state index contributed by atoms with van der Waals surface area (Å²) in [5.41, 5.74) is 7.52. The van der Waals surface area contributed by atoms with Crippen LogP contribution in [0.1, 0.15) is 13.8 Å². The molecule has 0 aromatic heterocycles. The van der Waals surface area contributed by atoms with E-state index in [1.54, 1.807) is 0 Å². The molecule has 1 aliphatic heterocycles. The Hall–Kier alpha value is -0.610. The number of carbonyl (C=O) groups excluding carboxylic acids is 1. The van der Waals surface area contributed by atoms with Gasteiger partial charge in [-0.25, -0.2) is 4.79 Å². The highest BCUT2D eigenvalue weighted by Crippen LogP contribution is 2.13. The summed E-state index contributed by atoms with van der Waals surface area (Å²) in [4.78, 5) is 15.0. The van der Waals surface area contributed by atoms with Gasteiger partial charge in [-0.2, -0.15) is 0 Å². The summed E-state index contributed by atoms with van der Waals surface area (Å²) >= 11 is 0. The molecule has 0 spiro atoms. The monoisotopic (exact) mass is 130 g/mol. The Balaban J connectivity index is 2.73. The number of nitrogens with two attached hydrogens (primary N) is 1. The van der Waals surface area contributed by atoms with Gasteiger partial charge in [-0.15, -0.1) is 5.48 Å². The van der Waals surface area contributed by atoms with E-state index < -0.39 is 11.6 Å². The molecule has 4 heteroatoms. The Morgan fingerprint density at radius 2 is 2.33 bits per heavy atom. The van der Waals surface area contributed by atoms with Crippen molar-refractivity contribution in [1.82, 2.24) is 5.48 Å². The molecule has 52 valence electrons. The van der Waals surface area contributed by atoms with E-state index in [0.717, 1.165) is 0 Å². The Labute approximate surface area is 53.3 Å². The molecule has 0 unspecified atom stereocenters. The van der Waals surface area contributed by atoms with Crippen molar-refractivity contribution in [3.05, 3.63) is 0 Å². The predicted molar refractivity (Wildman–Crippen MR) is 31.3 cm³/mol. The average molecular weight is 130 g/mol. The standard InChI is InChI=1S/C5H10N2O2/c1-5(2)3(6)4(8)9-7-5/h3,7H,6H2,1-2H3/t3-/m1/s1. The van der Waals surface area contributed by atoms with Crippen molar-refractivity contribution in [2.45, 2.75) is 25.4 Å². The van der Waals surface area contributed by atoms with Gasteiger partial charge in [-0.1, -0.05) is 0 Å². The molecule has 4 nitrogen and oxygen atoms in total. The molecular formula is C5H10N2O2. The number of hydroxylamine groups is 1. The van der Waals surface area contributed by atoms with Crippen LogP contribution < -0.4 is 11.2 Å². The predicted octanol–water partition coefficient (Wildman–Crippen LogP) is -0.846. The van der Waals surface area contributed by atoms with Gasteiger partial charge in [0.1, 0.15) is 6.04 Å². The quantitative estimate of drug-likeness (QED) is 0.448. The van der Waals surface area contributed by atoms with Crippen LogP contribution >= 0.6 is 0 Å². The second kappa shape index (κ2) is 1.68. The van der Waals surface area contributed by atoms with Gasteiger partial charge in [0.25, 0.3) is 0 Å². The van der Waals surface area contributed by atoms with Gasteiger partial charge in [-0.3, -0.25) is 0 Å². The zero-order valence-electron chi connectivity index (χ0n) is 5.47. The molecular weight excluding hydrogens is 120 g/mol. The molecule has 1 fully saturated rings. The smallest absolute Gasteiger partial charge is 0.343 e. The first kappa shape index (κ1) is 6.51. The van der Waals surface area contributed by atoms with Gasteiger partial charge in [0.15, 0.2) is 0 Å². The fraction of sp³-hybridized carbons (Fsp3) is 0.800. The number of hydrogen-bond acceptors (Lipinski definition) is 4. The van der Waals surface area contributed by atoms with Crippen molar-refractivity contribution in [3.8, 4) is 0 Å². The van der Waals surface area contributed by atoms with Crippen LogP contribution in [0.5, 0.6) is 0 Å². The van der Waals surface area contributed by atoms with Gasteiger partial charge < -0.3 is 10.6 Å². The average Bonchev–Trinajstić information content (AvgIpc) is 1.97. The van der Waals surface area contributed by atoms with Crippen molar-refractivity contribution >= 4 is 5.97 Å². The molecule has 0 radical (unpaired) electrons. The molecule has 1 atom stereocenters. The molecule has 1 rings (SSSR count). The molecule has 0 bridgehead atoms. The van der Waals surface area contributed by atoms with E-state index in [2.05, 4.69) is 10.3 Å². The maximum Gasteiger partial charge on any atom is 0.343 e. The maximum absolute atomic E-state index is 10.6. The minimum Gasteiger partial charge on any atom is -0.369 e. The molecule has 0 saturated carbocycles. The highest BCUT2D eigenvalue weighted by Gasteiger charge is 2.40. The highest BCUT2D eigenvalue weighted by atomic mass is 16.7. The third-order valence-electron chi connectivity index (χ3n) is 1.45. The van der Waals surface area contributed by atoms with E-state index in [-0.39, 0.29) is 5.97 Å². The summed E-state index contributed by atoms with van der Waals surface area (Å²) in [6.45, 7) is 3.62. The van der Waals surface area contributed by atoms with E-state index in [1.165, 1.54) is 0 Å². The van der Waals surface area contributed by atoms with Crippen LogP contribution in [0, 0.1) is 0 Å². The van der Waals surface area contributed by atoms with Gasteiger partial charge >= 0.3 is 5.97 Å². The Morgan fingerprint density at radius 3 is 2.44 bits per heavy atom. The first-order valence-electron chi connectivity index (χ1n) is 2.77. The number of nitrogens with one attached hydrogen (secondary N) is 1. The van der Waals surface area contributed by atoms with Crippen LogP contribution in [0.3, 0.4) is 0 Å². The van der Waals surface area contributed by atoms with Gasteiger partial charge in [0, 0.05) is 0 Å². The highest BCUT2D eigenvalue weighted by molar-refractivity contribution is 5.78. The van der Waals surface area contributed by atoms with Crippen molar-refractivity contribution in [2.24, 2.45) is 5.73 Å². The summed E-state index contributed by atoms with van der Waals surface area (Å²) in [6.07, 6.45) is 0. The first-order chi connectivity index (χ1) is 4.04. The summed E-state index contributed by atoms with van der Waals surface area (Å²) in [5.74, 6) is -0.389. The minimum atomic E-state index is -0.544. The molecule has 0 amide bonds. The summed E-state index contributed by atoms with van der Waals surface area (Å²) in [6, 6.07) is -0.544. The Morgan fingerprint density at radius 1 is 1.78 bits per heavy atom. The maximum atomic E-state index is 10.6. The lowest BCUT2D eigenvalue weighted by molar-refractivity contribution is -0.144. The second-order valence-electron chi connectivity index (χ2n) is 2.72. The van der Waals surface area contributed by atoms with E-state index in [0.29, 0.717) is 0 Å². The summed E-state index contributed by atoms with van der Waals surface area (Å²) in [5, 5.41) is 0. The molecule has 1 saturated heterocycles. The lowest BCUT2D eigenvalue weighted by Crippen LogP contribution is -2.47. The van der Waals surface area contributed by atoms with Crippen LogP contribution in [-0.4, -0.2) is 17.6 Å². The fourth-order valence-corrected chi connectivity index (χ4v) is 0.603. The van der Waals surface area contributed by atoms with E-state index in [4.69, 9.17) is 5.73 Å². The largest absolute Gasteiger partial charge is 0.369 e. The number of rotatable bonds is 0. The second-order valence-corrected chi connectivity index (χ2v) is 2.72. The number of carbonyl (C=O) groups is 1. The SMILES string of the molecule is CC1(C)NOC(=O)[C@H]1N. The minimum absolute atomic E-state index is 0.389. The molecule has 3 N–H and O–H groups in total. The lowest BCUT2D eigenvalue weighted by Gasteiger charge is -2.16. The van der Waals surface area contributed by atoms with Crippen LogP contribution in [-0.2, 0) is 9.63 Å². The van der Waals surface area contributed by atoms with Crippen molar-refractivity contribution < 1.29 is 9.63 Å². The normalized spacial score (nSPS) is 32.3. The Kier molecular flexibility index (Phi) is 1.22. The van der Waals surface area contributed by atoms with Crippen molar-refractivity contribution in [2.75, 3.05) is 0 Å².